The van der Waals surface area contributed by atoms with Crippen LogP contribution in [0, 0.1) is 0 Å². The minimum atomic E-state index is -1.40. The monoisotopic (exact) mass is 182 g/mol. The van der Waals surface area contributed by atoms with Gasteiger partial charge < -0.3 is 9.52 Å². The molecule has 0 radical (unpaired) electrons. The summed E-state index contributed by atoms with van der Waals surface area (Å²) in [4.78, 5) is 21.1. The predicted molar refractivity (Wildman–Crippen MR) is 44.4 cm³/mol. The van der Waals surface area contributed by atoms with Gasteiger partial charge in [0.05, 0.1) is 6.26 Å². The molecule has 13 heavy (non-hydrogen) atoms. The van der Waals surface area contributed by atoms with Gasteiger partial charge >= 0.3 is 5.97 Å². The highest BCUT2D eigenvalue weighted by Crippen LogP contribution is 2.11. The zero-order valence-electron chi connectivity index (χ0n) is 7.24. The minimum absolute atomic E-state index is 0.0883. The molecule has 0 amide bonds. The van der Waals surface area contributed by atoms with E-state index in [1.54, 1.807) is 6.07 Å². The highest BCUT2D eigenvalue weighted by atomic mass is 16.4. The average Bonchev–Trinajstić information content (AvgIpc) is 2.51. The Labute approximate surface area is 75.2 Å². The molecule has 0 fully saturated rings. The van der Waals surface area contributed by atoms with E-state index < -0.39 is 11.8 Å². The summed E-state index contributed by atoms with van der Waals surface area (Å²) in [6, 6.07) is 1.62. The molecule has 0 saturated carbocycles. The van der Waals surface area contributed by atoms with Crippen molar-refractivity contribution >= 4 is 11.8 Å². The number of ketones is 1. The van der Waals surface area contributed by atoms with Gasteiger partial charge in [0, 0.05) is 18.4 Å². The number of Topliss-reactive ketones (excluding diaryl/α,β-unsaturated/α-hetero) is 1. The van der Waals surface area contributed by atoms with Crippen molar-refractivity contribution in [2.75, 3.05) is 0 Å². The van der Waals surface area contributed by atoms with Crippen LogP contribution in [0.15, 0.2) is 16.7 Å². The summed E-state index contributed by atoms with van der Waals surface area (Å²) >= 11 is 0. The molecule has 1 aromatic heterocycles. The number of aliphatic carboxylic acids is 1. The predicted octanol–water partition coefficient (Wildman–Crippen LogP) is 1.04. The van der Waals surface area contributed by atoms with Crippen LogP contribution in [-0.2, 0) is 22.4 Å². The van der Waals surface area contributed by atoms with Crippen LogP contribution in [0.4, 0.5) is 0 Å². The molecule has 0 bridgehead atoms. The molecular weight excluding hydrogens is 172 g/mol. The number of aryl methyl sites for hydroxylation is 1. The zero-order valence-corrected chi connectivity index (χ0v) is 7.24. The Morgan fingerprint density at radius 1 is 1.54 bits per heavy atom. The van der Waals surface area contributed by atoms with Crippen LogP contribution >= 0.6 is 0 Å². The number of carbonyl (C=O) groups is 2. The van der Waals surface area contributed by atoms with Crippen molar-refractivity contribution in [1.82, 2.24) is 0 Å². The molecule has 4 heteroatoms. The summed E-state index contributed by atoms with van der Waals surface area (Å²) < 4.78 is 5.05. The highest BCUT2D eigenvalue weighted by molar-refractivity contribution is 6.33. The third kappa shape index (κ3) is 2.18. The third-order valence-electron chi connectivity index (χ3n) is 1.75. The maximum absolute atomic E-state index is 10.8. The first kappa shape index (κ1) is 9.51. The van der Waals surface area contributed by atoms with Crippen LogP contribution in [0.1, 0.15) is 18.2 Å². The minimum Gasteiger partial charge on any atom is -0.475 e. The Bertz CT molecular complexity index is 324. The third-order valence-corrected chi connectivity index (χ3v) is 1.75. The summed E-state index contributed by atoms with van der Waals surface area (Å²) in [6.45, 7) is 1.88. The fourth-order valence-electron chi connectivity index (χ4n) is 1.08. The first-order chi connectivity index (χ1) is 6.15. The van der Waals surface area contributed by atoms with Gasteiger partial charge in [-0.1, -0.05) is 6.92 Å². The van der Waals surface area contributed by atoms with Crippen LogP contribution < -0.4 is 0 Å². The van der Waals surface area contributed by atoms with Gasteiger partial charge in [0.25, 0.3) is 0 Å². The van der Waals surface area contributed by atoms with Gasteiger partial charge in [-0.2, -0.15) is 0 Å². The standard InChI is InChI=1S/C9H10O4/c1-2-8-6(3-4-13-8)5-7(10)9(11)12/h3-4H,2,5H2,1H3,(H,11,12). The Hall–Kier alpha value is -1.58. The first-order valence-electron chi connectivity index (χ1n) is 3.96. The average molecular weight is 182 g/mol. The number of carbonyl (C=O) groups excluding carboxylic acids is 1. The smallest absolute Gasteiger partial charge is 0.372 e. The van der Waals surface area contributed by atoms with Crippen molar-refractivity contribution in [2.45, 2.75) is 19.8 Å². The van der Waals surface area contributed by atoms with E-state index in [0.717, 1.165) is 0 Å². The second-order valence-corrected chi connectivity index (χ2v) is 2.63. The molecule has 1 aromatic rings. The number of carboxylic acid groups (broad SMARTS) is 1. The van der Waals surface area contributed by atoms with E-state index in [-0.39, 0.29) is 6.42 Å². The molecule has 0 aliphatic heterocycles. The lowest BCUT2D eigenvalue weighted by molar-refractivity contribution is -0.148. The SMILES string of the molecule is CCc1occc1CC(=O)C(=O)O. The summed E-state index contributed by atoms with van der Waals surface area (Å²) in [5.74, 6) is -1.53. The molecular formula is C9H10O4. The second-order valence-electron chi connectivity index (χ2n) is 2.63. The van der Waals surface area contributed by atoms with Crippen molar-refractivity contribution in [2.24, 2.45) is 0 Å². The summed E-state index contributed by atoms with van der Waals surface area (Å²) in [7, 11) is 0. The number of furan rings is 1. The van der Waals surface area contributed by atoms with Gasteiger partial charge in [0.1, 0.15) is 5.76 Å². The lowest BCUT2D eigenvalue weighted by atomic mass is 10.1. The number of rotatable bonds is 4. The van der Waals surface area contributed by atoms with Crippen LogP contribution in [0.2, 0.25) is 0 Å². The fraction of sp³-hybridized carbons (Fsp3) is 0.333. The summed E-state index contributed by atoms with van der Waals surface area (Å²) in [5.41, 5.74) is 0.662. The van der Waals surface area contributed by atoms with Crippen LogP contribution in [0.3, 0.4) is 0 Å². The Balaban J connectivity index is 2.74. The van der Waals surface area contributed by atoms with Crippen molar-refractivity contribution in [3.8, 4) is 0 Å². The molecule has 0 aromatic carbocycles. The van der Waals surface area contributed by atoms with E-state index in [2.05, 4.69) is 0 Å². The molecule has 0 aliphatic rings. The largest absolute Gasteiger partial charge is 0.475 e. The maximum Gasteiger partial charge on any atom is 0.372 e. The molecule has 70 valence electrons. The molecule has 0 saturated heterocycles. The fourth-order valence-corrected chi connectivity index (χ4v) is 1.08. The number of carboxylic acids is 1. The lowest BCUT2D eigenvalue weighted by Gasteiger charge is -1.95. The van der Waals surface area contributed by atoms with E-state index in [0.29, 0.717) is 17.7 Å². The van der Waals surface area contributed by atoms with Gasteiger partial charge in [-0.3, -0.25) is 4.79 Å². The van der Waals surface area contributed by atoms with Gasteiger partial charge in [-0.15, -0.1) is 0 Å². The van der Waals surface area contributed by atoms with Gasteiger partial charge in [0.15, 0.2) is 0 Å². The van der Waals surface area contributed by atoms with E-state index in [1.807, 2.05) is 6.92 Å². The van der Waals surface area contributed by atoms with Crippen LogP contribution in [-0.4, -0.2) is 16.9 Å². The molecule has 0 spiro atoms. The zero-order chi connectivity index (χ0) is 9.84. The van der Waals surface area contributed by atoms with E-state index >= 15 is 0 Å². The van der Waals surface area contributed by atoms with Gasteiger partial charge in [-0.05, 0) is 6.07 Å². The van der Waals surface area contributed by atoms with Crippen LogP contribution in [0.5, 0.6) is 0 Å². The first-order valence-corrected chi connectivity index (χ1v) is 3.96. The summed E-state index contributed by atoms with van der Waals surface area (Å²) in [5, 5.41) is 8.36. The number of hydrogen-bond donors (Lipinski definition) is 1. The molecule has 1 heterocycles. The maximum atomic E-state index is 10.8. The lowest BCUT2D eigenvalue weighted by Crippen LogP contribution is -2.15. The van der Waals surface area contributed by atoms with Crippen molar-refractivity contribution in [1.29, 1.82) is 0 Å². The molecule has 0 aliphatic carbocycles. The van der Waals surface area contributed by atoms with Gasteiger partial charge in [0.2, 0.25) is 5.78 Å². The Kier molecular flexibility index (Phi) is 2.84. The van der Waals surface area contributed by atoms with E-state index in [4.69, 9.17) is 9.52 Å². The molecule has 4 nitrogen and oxygen atoms in total. The molecule has 1 N–H and O–H groups in total. The normalized spacial score (nSPS) is 9.92. The Morgan fingerprint density at radius 2 is 2.23 bits per heavy atom. The quantitative estimate of drug-likeness (QED) is 0.706. The highest BCUT2D eigenvalue weighted by Gasteiger charge is 2.15. The summed E-state index contributed by atoms with van der Waals surface area (Å²) in [6.07, 6.45) is 2.04. The molecule has 1 rings (SSSR count). The second kappa shape index (κ2) is 3.89. The van der Waals surface area contributed by atoms with E-state index in [9.17, 15) is 9.59 Å². The topological polar surface area (TPSA) is 67.5 Å². The van der Waals surface area contributed by atoms with Gasteiger partial charge in [-0.25, -0.2) is 4.79 Å². The van der Waals surface area contributed by atoms with E-state index in [1.165, 1.54) is 6.26 Å². The Morgan fingerprint density at radius 3 is 2.77 bits per heavy atom. The van der Waals surface area contributed by atoms with Crippen molar-refractivity contribution < 1.29 is 19.1 Å². The molecule has 0 atom stereocenters. The van der Waals surface area contributed by atoms with Crippen LogP contribution in [0.25, 0.3) is 0 Å². The number of hydrogen-bond acceptors (Lipinski definition) is 3. The van der Waals surface area contributed by atoms with Crippen molar-refractivity contribution in [3.05, 3.63) is 23.7 Å². The van der Waals surface area contributed by atoms with Crippen molar-refractivity contribution in [3.63, 3.8) is 0 Å². The molecule has 0 unspecified atom stereocenters.